The fourth-order valence-corrected chi connectivity index (χ4v) is 2.73. The Hall–Kier alpha value is -2.32. The minimum Gasteiger partial charge on any atom is -0.210 e. The molecule has 0 unspecified atom stereocenters. The van der Waals surface area contributed by atoms with Crippen molar-refractivity contribution in [2.75, 3.05) is 0 Å². The molecule has 102 valence electrons. The first-order valence-electron chi connectivity index (χ1n) is 6.84. The molecule has 3 aromatic carbocycles. The van der Waals surface area contributed by atoms with E-state index in [0.29, 0.717) is 0 Å². The molecular formula is C19H15NS. The van der Waals surface area contributed by atoms with Crippen LogP contribution in [-0.2, 0) is 0 Å². The van der Waals surface area contributed by atoms with Gasteiger partial charge in [-0.15, -0.1) is 0 Å². The summed E-state index contributed by atoms with van der Waals surface area (Å²) in [6.07, 6.45) is 0. The number of rotatable bonds is 4. The average molecular weight is 289 g/mol. The Morgan fingerprint density at radius 1 is 0.571 bits per heavy atom. The quantitative estimate of drug-likeness (QED) is 0.473. The van der Waals surface area contributed by atoms with Gasteiger partial charge < -0.3 is 0 Å². The highest BCUT2D eigenvalue weighted by molar-refractivity contribution is 7.98. The fourth-order valence-electron chi connectivity index (χ4n) is 2.04. The van der Waals surface area contributed by atoms with Crippen LogP contribution in [-0.4, -0.2) is 5.71 Å². The van der Waals surface area contributed by atoms with Gasteiger partial charge in [0.1, 0.15) is 0 Å². The van der Waals surface area contributed by atoms with Crippen LogP contribution in [0.15, 0.2) is 100 Å². The third kappa shape index (κ3) is 3.61. The molecular weight excluding hydrogens is 274 g/mol. The Bertz CT molecular complexity index is 665. The van der Waals surface area contributed by atoms with Crippen LogP contribution in [0.25, 0.3) is 0 Å². The van der Waals surface area contributed by atoms with Crippen molar-refractivity contribution in [2.45, 2.75) is 4.90 Å². The van der Waals surface area contributed by atoms with Crippen LogP contribution in [0.5, 0.6) is 0 Å². The Balaban J connectivity index is 1.97. The van der Waals surface area contributed by atoms with Crippen molar-refractivity contribution in [3.63, 3.8) is 0 Å². The molecule has 0 saturated heterocycles. The molecule has 0 aliphatic rings. The van der Waals surface area contributed by atoms with Crippen molar-refractivity contribution < 1.29 is 0 Å². The van der Waals surface area contributed by atoms with Gasteiger partial charge in [-0.2, -0.15) is 0 Å². The lowest BCUT2D eigenvalue weighted by Crippen LogP contribution is -2.01. The van der Waals surface area contributed by atoms with Crippen molar-refractivity contribution in [3.05, 3.63) is 102 Å². The van der Waals surface area contributed by atoms with Crippen molar-refractivity contribution in [1.29, 1.82) is 0 Å². The van der Waals surface area contributed by atoms with Crippen LogP contribution in [0.1, 0.15) is 11.1 Å². The number of nitrogens with zero attached hydrogens (tertiary/aromatic N) is 1. The van der Waals surface area contributed by atoms with E-state index in [1.165, 1.54) is 11.9 Å². The van der Waals surface area contributed by atoms with E-state index >= 15 is 0 Å². The normalized spacial score (nSPS) is 10.1. The predicted molar refractivity (Wildman–Crippen MR) is 90.8 cm³/mol. The molecule has 0 fully saturated rings. The molecule has 0 aliphatic carbocycles. The molecule has 2 heteroatoms. The van der Waals surface area contributed by atoms with E-state index in [0.717, 1.165) is 21.7 Å². The third-order valence-electron chi connectivity index (χ3n) is 3.08. The van der Waals surface area contributed by atoms with Crippen molar-refractivity contribution in [3.8, 4) is 0 Å². The van der Waals surface area contributed by atoms with Gasteiger partial charge in [-0.1, -0.05) is 78.9 Å². The number of hydrogen-bond acceptors (Lipinski definition) is 2. The molecule has 0 amide bonds. The lowest BCUT2D eigenvalue weighted by Gasteiger charge is -2.07. The van der Waals surface area contributed by atoms with Crippen molar-refractivity contribution in [2.24, 2.45) is 4.40 Å². The topological polar surface area (TPSA) is 12.4 Å². The number of hydrogen-bond donors (Lipinski definition) is 0. The molecule has 0 N–H and O–H groups in total. The van der Waals surface area contributed by atoms with E-state index < -0.39 is 0 Å². The zero-order valence-corrected chi connectivity index (χ0v) is 12.3. The van der Waals surface area contributed by atoms with Crippen LogP contribution in [0.2, 0.25) is 0 Å². The van der Waals surface area contributed by atoms with E-state index in [1.54, 1.807) is 0 Å². The highest BCUT2D eigenvalue weighted by atomic mass is 32.2. The highest BCUT2D eigenvalue weighted by Gasteiger charge is 2.06. The van der Waals surface area contributed by atoms with Gasteiger partial charge in [0.25, 0.3) is 0 Å². The summed E-state index contributed by atoms with van der Waals surface area (Å²) in [4.78, 5) is 1.14. The monoisotopic (exact) mass is 289 g/mol. The molecule has 21 heavy (non-hydrogen) atoms. The molecule has 3 aromatic rings. The van der Waals surface area contributed by atoms with E-state index in [9.17, 15) is 0 Å². The van der Waals surface area contributed by atoms with Gasteiger partial charge in [-0.25, -0.2) is 4.40 Å². The van der Waals surface area contributed by atoms with E-state index in [-0.39, 0.29) is 0 Å². The second-order valence-electron chi connectivity index (χ2n) is 4.58. The minimum absolute atomic E-state index is 1.00. The van der Waals surface area contributed by atoms with Gasteiger partial charge in [0.2, 0.25) is 0 Å². The third-order valence-corrected chi connectivity index (χ3v) is 3.84. The average Bonchev–Trinajstić information content (AvgIpc) is 2.58. The molecule has 0 bridgehead atoms. The smallest absolute Gasteiger partial charge is 0.0861 e. The highest BCUT2D eigenvalue weighted by Crippen LogP contribution is 2.22. The molecule has 0 radical (unpaired) electrons. The minimum atomic E-state index is 1.00. The lowest BCUT2D eigenvalue weighted by atomic mass is 10.0. The molecule has 0 aromatic heterocycles. The van der Waals surface area contributed by atoms with Crippen molar-refractivity contribution in [1.82, 2.24) is 0 Å². The van der Waals surface area contributed by atoms with Crippen LogP contribution in [0.3, 0.4) is 0 Å². The molecule has 0 aliphatic heterocycles. The van der Waals surface area contributed by atoms with Crippen LogP contribution in [0.4, 0.5) is 0 Å². The Kier molecular flexibility index (Phi) is 4.49. The van der Waals surface area contributed by atoms with Gasteiger partial charge in [-0.05, 0) is 12.1 Å². The van der Waals surface area contributed by atoms with Crippen molar-refractivity contribution >= 4 is 17.7 Å². The molecule has 0 atom stereocenters. The number of benzene rings is 3. The maximum absolute atomic E-state index is 4.77. The summed E-state index contributed by atoms with van der Waals surface area (Å²) in [5, 5.41) is 0. The molecule has 1 nitrogen and oxygen atoms in total. The van der Waals surface area contributed by atoms with Crippen LogP contribution in [0, 0.1) is 0 Å². The summed E-state index contributed by atoms with van der Waals surface area (Å²) < 4.78 is 4.77. The van der Waals surface area contributed by atoms with Gasteiger partial charge in [0, 0.05) is 28.0 Å². The van der Waals surface area contributed by atoms with Gasteiger partial charge >= 0.3 is 0 Å². The summed E-state index contributed by atoms with van der Waals surface area (Å²) >= 11 is 1.51. The van der Waals surface area contributed by atoms with Crippen LogP contribution >= 0.6 is 11.9 Å². The SMILES string of the molecule is c1ccc(SN=C(c2ccccc2)c2ccccc2)cc1. The van der Waals surface area contributed by atoms with Gasteiger partial charge in [0.05, 0.1) is 5.71 Å². The molecule has 0 heterocycles. The fraction of sp³-hybridized carbons (Fsp3) is 0. The summed E-state index contributed by atoms with van der Waals surface area (Å²) in [6, 6.07) is 30.8. The standard InChI is InChI=1S/C19H15NS/c1-4-10-16(11-5-1)19(17-12-6-2-7-13-17)20-21-18-14-8-3-9-15-18/h1-15H. The Labute approximate surface area is 129 Å². The Morgan fingerprint density at radius 2 is 1.00 bits per heavy atom. The zero-order valence-electron chi connectivity index (χ0n) is 11.5. The van der Waals surface area contributed by atoms with E-state index in [2.05, 4.69) is 36.4 Å². The summed E-state index contributed by atoms with van der Waals surface area (Å²) in [5.74, 6) is 0. The summed E-state index contributed by atoms with van der Waals surface area (Å²) in [7, 11) is 0. The summed E-state index contributed by atoms with van der Waals surface area (Å²) in [6.45, 7) is 0. The lowest BCUT2D eigenvalue weighted by molar-refractivity contribution is 1.46. The predicted octanol–water partition coefficient (Wildman–Crippen LogP) is 5.23. The second kappa shape index (κ2) is 6.91. The Morgan fingerprint density at radius 3 is 1.48 bits per heavy atom. The maximum atomic E-state index is 4.77. The second-order valence-corrected chi connectivity index (χ2v) is 5.41. The largest absolute Gasteiger partial charge is 0.210 e. The first-order chi connectivity index (χ1) is 10.4. The summed E-state index contributed by atoms with van der Waals surface area (Å²) in [5.41, 5.74) is 3.27. The van der Waals surface area contributed by atoms with Crippen LogP contribution < -0.4 is 0 Å². The molecule has 0 saturated carbocycles. The molecule has 0 spiro atoms. The van der Waals surface area contributed by atoms with E-state index in [1.807, 2.05) is 54.6 Å². The first kappa shape index (κ1) is 13.7. The maximum Gasteiger partial charge on any atom is 0.0861 e. The van der Waals surface area contributed by atoms with E-state index in [4.69, 9.17) is 4.40 Å². The zero-order chi connectivity index (χ0) is 14.3. The first-order valence-corrected chi connectivity index (χ1v) is 7.62. The molecule has 3 rings (SSSR count). The van der Waals surface area contributed by atoms with Gasteiger partial charge in [0.15, 0.2) is 0 Å². The van der Waals surface area contributed by atoms with Gasteiger partial charge in [-0.3, -0.25) is 0 Å².